The third-order valence-electron chi connectivity index (χ3n) is 3.32. The fraction of sp³-hybridized carbons (Fsp3) is 0.0588. The normalized spacial score (nSPS) is 10.7. The van der Waals surface area contributed by atoms with Crippen molar-refractivity contribution >= 4 is 57.2 Å². The number of anilines is 1. The van der Waals surface area contributed by atoms with Crippen molar-refractivity contribution in [2.75, 3.05) is 5.32 Å². The summed E-state index contributed by atoms with van der Waals surface area (Å²) < 4.78 is 0. The minimum absolute atomic E-state index is 0.287. The second-order valence-corrected chi connectivity index (χ2v) is 7.47. The van der Waals surface area contributed by atoms with Gasteiger partial charge < -0.3 is 0 Å². The Bertz CT molecular complexity index is 907. The standard InChI is InChI=1S/C17H11Cl3N2OS/c1-9-15(10-2-5-12(18)6-3-10)21-17(24-9)22-16(23)11-4-7-13(19)14(20)8-11/h2-8H,1H3,(H,21,22,23). The number of amides is 1. The van der Waals surface area contributed by atoms with E-state index < -0.39 is 0 Å². The molecule has 0 saturated carbocycles. The molecule has 0 atom stereocenters. The Balaban J connectivity index is 1.83. The lowest BCUT2D eigenvalue weighted by Gasteiger charge is -2.03. The lowest BCUT2D eigenvalue weighted by Crippen LogP contribution is -2.11. The van der Waals surface area contributed by atoms with Crippen LogP contribution in [0.2, 0.25) is 15.1 Å². The topological polar surface area (TPSA) is 42.0 Å². The van der Waals surface area contributed by atoms with Gasteiger partial charge in [-0.25, -0.2) is 4.98 Å². The Morgan fingerprint density at radius 1 is 1.04 bits per heavy atom. The summed E-state index contributed by atoms with van der Waals surface area (Å²) in [7, 11) is 0. The molecule has 0 saturated heterocycles. The third-order valence-corrected chi connectivity index (χ3v) is 5.19. The van der Waals surface area contributed by atoms with Crippen molar-refractivity contribution in [1.82, 2.24) is 4.98 Å². The molecular formula is C17H11Cl3N2OS. The van der Waals surface area contributed by atoms with Crippen LogP contribution < -0.4 is 5.32 Å². The molecule has 3 aromatic rings. The van der Waals surface area contributed by atoms with Gasteiger partial charge >= 0.3 is 0 Å². The molecule has 0 spiro atoms. The van der Waals surface area contributed by atoms with Crippen LogP contribution >= 0.6 is 46.1 Å². The minimum Gasteiger partial charge on any atom is -0.298 e. The van der Waals surface area contributed by atoms with Gasteiger partial charge in [0.05, 0.1) is 15.7 Å². The highest BCUT2D eigenvalue weighted by atomic mass is 35.5. The van der Waals surface area contributed by atoms with Crippen LogP contribution in [0.5, 0.6) is 0 Å². The first-order valence-corrected chi connectivity index (χ1v) is 8.89. The summed E-state index contributed by atoms with van der Waals surface area (Å²) in [6.45, 7) is 1.95. The summed E-state index contributed by atoms with van der Waals surface area (Å²) in [6, 6.07) is 12.1. The molecule has 3 rings (SSSR count). The van der Waals surface area contributed by atoms with E-state index in [0.29, 0.717) is 25.8 Å². The van der Waals surface area contributed by atoms with Crippen LogP contribution in [0.15, 0.2) is 42.5 Å². The number of thiazole rings is 1. The summed E-state index contributed by atoms with van der Waals surface area (Å²) in [5.74, 6) is -0.287. The Morgan fingerprint density at radius 2 is 1.75 bits per heavy atom. The van der Waals surface area contributed by atoms with Gasteiger partial charge in [-0.1, -0.05) is 46.9 Å². The van der Waals surface area contributed by atoms with E-state index in [0.717, 1.165) is 16.1 Å². The maximum atomic E-state index is 12.3. The second-order valence-electron chi connectivity index (χ2n) is 5.01. The second kappa shape index (κ2) is 7.11. The monoisotopic (exact) mass is 396 g/mol. The predicted octanol–water partition coefficient (Wildman–Crippen LogP) is 6.33. The number of hydrogen-bond donors (Lipinski definition) is 1. The van der Waals surface area contributed by atoms with Gasteiger partial charge in [-0.3, -0.25) is 10.1 Å². The predicted molar refractivity (Wildman–Crippen MR) is 102 cm³/mol. The number of aromatic nitrogens is 1. The van der Waals surface area contributed by atoms with Gasteiger partial charge in [-0.2, -0.15) is 0 Å². The minimum atomic E-state index is -0.287. The fourth-order valence-corrected chi connectivity index (χ4v) is 3.39. The van der Waals surface area contributed by atoms with Crippen LogP contribution in [0.1, 0.15) is 15.2 Å². The highest BCUT2D eigenvalue weighted by molar-refractivity contribution is 7.16. The lowest BCUT2D eigenvalue weighted by molar-refractivity contribution is 0.102. The zero-order valence-electron chi connectivity index (χ0n) is 12.4. The molecular weight excluding hydrogens is 387 g/mol. The van der Waals surface area contributed by atoms with E-state index in [4.69, 9.17) is 34.8 Å². The summed E-state index contributed by atoms with van der Waals surface area (Å²) in [6.07, 6.45) is 0. The van der Waals surface area contributed by atoms with E-state index in [1.54, 1.807) is 12.1 Å². The summed E-state index contributed by atoms with van der Waals surface area (Å²) >= 11 is 19.1. The maximum absolute atomic E-state index is 12.3. The number of aryl methyl sites for hydroxylation is 1. The molecule has 0 aliphatic carbocycles. The Hall–Kier alpha value is -1.59. The van der Waals surface area contributed by atoms with Gasteiger partial charge in [-0.15, -0.1) is 11.3 Å². The highest BCUT2D eigenvalue weighted by Gasteiger charge is 2.14. The van der Waals surface area contributed by atoms with E-state index in [-0.39, 0.29) is 5.91 Å². The van der Waals surface area contributed by atoms with Gasteiger partial charge in [0.25, 0.3) is 5.91 Å². The van der Waals surface area contributed by atoms with Gasteiger partial charge in [-0.05, 0) is 37.3 Å². The van der Waals surface area contributed by atoms with E-state index in [9.17, 15) is 4.79 Å². The SMILES string of the molecule is Cc1sc(NC(=O)c2ccc(Cl)c(Cl)c2)nc1-c1ccc(Cl)cc1. The Morgan fingerprint density at radius 3 is 2.42 bits per heavy atom. The first-order valence-electron chi connectivity index (χ1n) is 6.94. The smallest absolute Gasteiger partial charge is 0.257 e. The molecule has 7 heteroatoms. The molecule has 1 aromatic heterocycles. The summed E-state index contributed by atoms with van der Waals surface area (Å²) in [4.78, 5) is 17.8. The number of benzene rings is 2. The number of carbonyl (C=O) groups is 1. The van der Waals surface area contributed by atoms with Crippen LogP contribution in [0.25, 0.3) is 11.3 Å². The molecule has 0 aliphatic heterocycles. The summed E-state index contributed by atoms with van der Waals surface area (Å²) in [5.41, 5.74) is 2.19. The van der Waals surface area contributed by atoms with Crippen molar-refractivity contribution in [3.63, 3.8) is 0 Å². The number of hydrogen-bond acceptors (Lipinski definition) is 3. The molecule has 122 valence electrons. The Labute approximate surface area is 158 Å². The third kappa shape index (κ3) is 3.73. The molecule has 1 heterocycles. The van der Waals surface area contributed by atoms with E-state index in [1.165, 1.54) is 17.4 Å². The summed E-state index contributed by atoms with van der Waals surface area (Å²) in [5, 5.41) is 4.72. The van der Waals surface area contributed by atoms with Crippen LogP contribution in [0.3, 0.4) is 0 Å². The number of carbonyl (C=O) groups excluding carboxylic acids is 1. The van der Waals surface area contributed by atoms with Gasteiger partial charge in [0, 0.05) is 21.0 Å². The quantitative estimate of drug-likeness (QED) is 0.561. The number of rotatable bonds is 3. The molecule has 0 bridgehead atoms. The van der Waals surface area contributed by atoms with Gasteiger partial charge in [0.1, 0.15) is 0 Å². The van der Waals surface area contributed by atoms with Gasteiger partial charge in [0.2, 0.25) is 0 Å². The Kier molecular flexibility index (Phi) is 5.11. The number of halogens is 3. The molecule has 1 amide bonds. The molecule has 0 aliphatic rings. The average molecular weight is 398 g/mol. The lowest BCUT2D eigenvalue weighted by atomic mass is 10.1. The van der Waals surface area contributed by atoms with Crippen molar-refractivity contribution in [1.29, 1.82) is 0 Å². The van der Waals surface area contributed by atoms with Crippen molar-refractivity contribution in [3.05, 3.63) is 68.0 Å². The van der Waals surface area contributed by atoms with Crippen molar-refractivity contribution in [3.8, 4) is 11.3 Å². The van der Waals surface area contributed by atoms with Crippen LogP contribution in [-0.4, -0.2) is 10.9 Å². The van der Waals surface area contributed by atoms with Crippen LogP contribution in [0, 0.1) is 6.92 Å². The number of nitrogens with one attached hydrogen (secondary N) is 1. The van der Waals surface area contributed by atoms with Gasteiger partial charge in [0.15, 0.2) is 5.13 Å². The maximum Gasteiger partial charge on any atom is 0.257 e. The molecule has 24 heavy (non-hydrogen) atoms. The number of nitrogens with zero attached hydrogens (tertiary/aromatic N) is 1. The first kappa shape index (κ1) is 17.2. The molecule has 1 N–H and O–H groups in total. The van der Waals surface area contributed by atoms with E-state index >= 15 is 0 Å². The zero-order chi connectivity index (χ0) is 17.3. The van der Waals surface area contributed by atoms with Crippen molar-refractivity contribution in [2.45, 2.75) is 6.92 Å². The van der Waals surface area contributed by atoms with Crippen molar-refractivity contribution in [2.24, 2.45) is 0 Å². The molecule has 0 unspecified atom stereocenters. The molecule has 2 aromatic carbocycles. The van der Waals surface area contributed by atoms with Crippen LogP contribution in [-0.2, 0) is 0 Å². The molecule has 0 fully saturated rings. The molecule has 3 nitrogen and oxygen atoms in total. The first-order chi connectivity index (χ1) is 11.4. The van der Waals surface area contributed by atoms with E-state index in [1.807, 2.05) is 31.2 Å². The van der Waals surface area contributed by atoms with E-state index in [2.05, 4.69) is 10.3 Å². The highest BCUT2D eigenvalue weighted by Crippen LogP contribution is 2.31. The fourth-order valence-electron chi connectivity index (χ4n) is 2.13. The average Bonchev–Trinajstić information content (AvgIpc) is 2.91. The van der Waals surface area contributed by atoms with Crippen LogP contribution in [0.4, 0.5) is 5.13 Å². The largest absolute Gasteiger partial charge is 0.298 e. The van der Waals surface area contributed by atoms with Crippen molar-refractivity contribution < 1.29 is 4.79 Å². The zero-order valence-corrected chi connectivity index (χ0v) is 15.5. The molecule has 0 radical (unpaired) electrons.